The van der Waals surface area contributed by atoms with Gasteiger partial charge in [-0.1, -0.05) is 50.0 Å². The molecule has 3 rings (SSSR count). The van der Waals surface area contributed by atoms with Crippen LogP contribution in [0.4, 0.5) is 0 Å². The van der Waals surface area contributed by atoms with Crippen molar-refractivity contribution in [3.05, 3.63) is 23.3 Å². The zero-order valence-corrected chi connectivity index (χ0v) is 19.6. The first-order valence-corrected chi connectivity index (χ1v) is 12.0. The molecule has 0 spiro atoms. The summed E-state index contributed by atoms with van der Waals surface area (Å²) in [5.74, 6) is 8.03. The largest absolute Gasteiger partial charge is 0.392 e. The Hall–Kier alpha value is -1.08. The van der Waals surface area contributed by atoms with Gasteiger partial charge in [0.2, 0.25) is 0 Å². The van der Waals surface area contributed by atoms with Crippen molar-refractivity contribution in [2.24, 2.45) is 29.1 Å². The molecule has 6 atom stereocenters. The molecule has 0 unspecified atom stereocenters. The van der Waals surface area contributed by atoms with Crippen LogP contribution in [0.15, 0.2) is 23.3 Å². The minimum Gasteiger partial charge on any atom is -0.392 e. The summed E-state index contributed by atoms with van der Waals surface area (Å²) in [6.07, 6.45) is 12.1. The number of aliphatic hydroxyl groups excluding tert-OH is 2. The number of aliphatic hydroxyl groups is 3. The number of hydrogen-bond donors (Lipinski definition) is 3. The second kappa shape index (κ2) is 9.19. The lowest BCUT2D eigenvalue weighted by Crippen LogP contribution is -2.36. The van der Waals surface area contributed by atoms with E-state index >= 15 is 0 Å². The maximum atomic E-state index is 10.2. The fourth-order valence-electron chi connectivity index (χ4n) is 6.39. The van der Waals surface area contributed by atoms with Crippen LogP contribution in [0.25, 0.3) is 0 Å². The van der Waals surface area contributed by atoms with E-state index in [4.69, 9.17) is 0 Å². The molecule has 0 aromatic heterocycles. The lowest BCUT2D eigenvalue weighted by atomic mass is 9.61. The van der Waals surface area contributed by atoms with Gasteiger partial charge in [0, 0.05) is 12.3 Å². The number of fused-ring (bicyclic) bond motifs is 1. The van der Waals surface area contributed by atoms with Crippen LogP contribution in [0.2, 0.25) is 0 Å². The smallest absolute Gasteiger partial charge is 0.119 e. The highest BCUT2D eigenvalue weighted by atomic mass is 16.3. The first-order chi connectivity index (χ1) is 14.0. The Kier molecular flexibility index (Phi) is 7.22. The van der Waals surface area contributed by atoms with Crippen molar-refractivity contribution in [2.75, 3.05) is 0 Å². The lowest BCUT2D eigenvalue weighted by Gasteiger charge is -2.44. The Morgan fingerprint density at radius 3 is 2.47 bits per heavy atom. The van der Waals surface area contributed by atoms with Gasteiger partial charge in [0.1, 0.15) is 5.60 Å². The Morgan fingerprint density at radius 1 is 1.17 bits per heavy atom. The summed E-state index contributed by atoms with van der Waals surface area (Å²) in [5.41, 5.74) is 2.17. The van der Waals surface area contributed by atoms with E-state index in [1.807, 2.05) is 6.92 Å². The van der Waals surface area contributed by atoms with Crippen LogP contribution >= 0.6 is 0 Å². The molecule has 3 fully saturated rings. The summed E-state index contributed by atoms with van der Waals surface area (Å²) in [7, 11) is 0. The van der Waals surface area contributed by atoms with Gasteiger partial charge in [0.15, 0.2) is 0 Å². The SMILES string of the molecule is CC1[C@H](O)CC(=C/C=C2\CCC[C@]3(C)[C@@H]([C@H](C)CC#CC(C)(C)O)CC[C@@H]23)C[C@H]1O. The van der Waals surface area contributed by atoms with Crippen LogP contribution in [0.5, 0.6) is 0 Å². The highest BCUT2D eigenvalue weighted by molar-refractivity contribution is 5.26. The molecule has 3 heteroatoms. The van der Waals surface area contributed by atoms with Gasteiger partial charge in [-0.2, -0.15) is 0 Å². The molecule has 0 aliphatic heterocycles. The zero-order chi connectivity index (χ0) is 22.1. The molecular formula is C27H42O3. The van der Waals surface area contributed by atoms with Crippen LogP contribution in [0.3, 0.4) is 0 Å². The zero-order valence-electron chi connectivity index (χ0n) is 19.6. The predicted molar refractivity (Wildman–Crippen MR) is 123 cm³/mol. The normalized spacial score (nSPS) is 39.3. The van der Waals surface area contributed by atoms with Gasteiger partial charge in [-0.15, -0.1) is 5.92 Å². The van der Waals surface area contributed by atoms with Crippen molar-refractivity contribution in [3.63, 3.8) is 0 Å². The van der Waals surface area contributed by atoms with Gasteiger partial charge < -0.3 is 15.3 Å². The van der Waals surface area contributed by atoms with Gasteiger partial charge in [0.05, 0.1) is 12.2 Å². The summed E-state index contributed by atoms with van der Waals surface area (Å²) in [4.78, 5) is 0. The monoisotopic (exact) mass is 414 g/mol. The third-order valence-corrected chi connectivity index (χ3v) is 8.23. The molecule has 3 nitrogen and oxygen atoms in total. The summed E-state index contributed by atoms with van der Waals surface area (Å²) in [5, 5.41) is 30.3. The van der Waals surface area contributed by atoms with E-state index in [9.17, 15) is 15.3 Å². The molecular weight excluding hydrogens is 372 g/mol. The first kappa shape index (κ1) is 23.6. The van der Waals surface area contributed by atoms with E-state index in [1.54, 1.807) is 19.4 Å². The van der Waals surface area contributed by atoms with E-state index in [2.05, 4.69) is 37.8 Å². The van der Waals surface area contributed by atoms with Crippen molar-refractivity contribution < 1.29 is 15.3 Å². The molecule has 0 aromatic rings. The summed E-state index contributed by atoms with van der Waals surface area (Å²) < 4.78 is 0. The van der Waals surface area contributed by atoms with Crippen LogP contribution in [0, 0.1) is 40.9 Å². The van der Waals surface area contributed by atoms with Crippen molar-refractivity contribution in [3.8, 4) is 11.8 Å². The number of allylic oxidation sites excluding steroid dienone is 3. The summed E-state index contributed by atoms with van der Waals surface area (Å²) in [6.45, 7) is 10.3. The van der Waals surface area contributed by atoms with E-state index in [-0.39, 0.29) is 5.92 Å². The van der Waals surface area contributed by atoms with Crippen LogP contribution < -0.4 is 0 Å². The van der Waals surface area contributed by atoms with Crippen molar-refractivity contribution in [1.82, 2.24) is 0 Å². The highest BCUT2D eigenvalue weighted by Crippen LogP contribution is 2.59. The summed E-state index contributed by atoms with van der Waals surface area (Å²) in [6, 6.07) is 0. The number of rotatable bonds is 3. The maximum Gasteiger partial charge on any atom is 0.119 e. The molecule has 3 aliphatic carbocycles. The predicted octanol–water partition coefficient (Wildman–Crippen LogP) is 5.01. The van der Waals surface area contributed by atoms with Crippen LogP contribution in [-0.4, -0.2) is 33.1 Å². The molecule has 168 valence electrons. The van der Waals surface area contributed by atoms with Gasteiger partial charge >= 0.3 is 0 Å². The average molecular weight is 415 g/mol. The van der Waals surface area contributed by atoms with E-state index < -0.39 is 17.8 Å². The molecule has 0 amide bonds. The lowest BCUT2D eigenvalue weighted by molar-refractivity contribution is 0.00406. The van der Waals surface area contributed by atoms with E-state index in [1.165, 1.54) is 37.7 Å². The van der Waals surface area contributed by atoms with Crippen molar-refractivity contribution in [2.45, 2.75) is 104 Å². The molecule has 3 saturated carbocycles. The van der Waals surface area contributed by atoms with E-state index in [0.717, 1.165) is 6.42 Å². The molecule has 3 aliphatic rings. The quantitative estimate of drug-likeness (QED) is 0.569. The summed E-state index contributed by atoms with van der Waals surface area (Å²) >= 11 is 0. The third-order valence-electron chi connectivity index (χ3n) is 8.23. The first-order valence-electron chi connectivity index (χ1n) is 12.0. The molecule has 0 aromatic carbocycles. The Morgan fingerprint density at radius 2 is 1.83 bits per heavy atom. The van der Waals surface area contributed by atoms with Gasteiger partial charge in [-0.3, -0.25) is 0 Å². The Labute approximate surface area is 183 Å². The average Bonchev–Trinajstić information content (AvgIpc) is 3.00. The molecule has 0 bridgehead atoms. The second-order valence-electron chi connectivity index (χ2n) is 11.1. The molecule has 0 heterocycles. The molecule has 30 heavy (non-hydrogen) atoms. The Balaban J connectivity index is 1.72. The maximum absolute atomic E-state index is 10.2. The van der Waals surface area contributed by atoms with Crippen LogP contribution in [0.1, 0.15) is 86.0 Å². The van der Waals surface area contributed by atoms with Gasteiger partial charge in [-0.25, -0.2) is 0 Å². The molecule has 0 radical (unpaired) electrons. The minimum absolute atomic E-state index is 0.0376. The van der Waals surface area contributed by atoms with E-state index in [0.29, 0.717) is 36.0 Å². The van der Waals surface area contributed by atoms with Gasteiger partial charge in [-0.05, 0) is 82.0 Å². The standard InChI is InChI=1S/C27H42O3/c1-18(8-6-14-26(3,4)30)22-12-13-23-21(9-7-15-27(22,23)5)11-10-20-16-24(28)19(2)25(29)17-20/h10-11,18-19,22-25,28-30H,7-9,12-13,15-17H2,1-5H3/b20-10?,21-11+/t18-,19?,22-,23+,24-,25-,27-/m1/s1. The third kappa shape index (κ3) is 5.21. The molecule has 0 saturated heterocycles. The fraction of sp³-hybridized carbons (Fsp3) is 0.778. The minimum atomic E-state index is -0.909. The van der Waals surface area contributed by atoms with Gasteiger partial charge in [0.25, 0.3) is 0 Å². The van der Waals surface area contributed by atoms with Crippen molar-refractivity contribution >= 4 is 0 Å². The van der Waals surface area contributed by atoms with Crippen molar-refractivity contribution in [1.29, 1.82) is 0 Å². The topological polar surface area (TPSA) is 60.7 Å². The van der Waals surface area contributed by atoms with Crippen LogP contribution in [-0.2, 0) is 0 Å². The highest BCUT2D eigenvalue weighted by Gasteiger charge is 2.50. The molecule has 3 N–H and O–H groups in total. The number of hydrogen-bond acceptors (Lipinski definition) is 3. The second-order valence-corrected chi connectivity index (χ2v) is 11.1. The Bertz CT molecular complexity index is 717. The fourth-order valence-corrected chi connectivity index (χ4v) is 6.39.